The highest BCUT2D eigenvalue weighted by Crippen LogP contribution is 2.28. The molecule has 1 rings (SSSR count). The average molecular weight is 360 g/mol. The number of aliphatic imine (C=N–C) groups is 1. The summed E-state index contributed by atoms with van der Waals surface area (Å²) in [6.07, 6.45) is 11.5. The third kappa shape index (κ3) is 10.2. The Hall–Kier alpha value is -0.780. The van der Waals surface area contributed by atoms with Crippen molar-refractivity contribution in [3.05, 3.63) is 0 Å². The zero-order valence-electron chi connectivity index (χ0n) is 16.0. The molecule has 0 bridgehead atoms. The number of guanidine groups is 1. The van der Waals surface area contributed by atoms with Crippen molar-refractivity contribution >= 4 is 15.8 Å². The molecule has 0 amide bonds. The van der Waals surface area contributed by atoms with Gasteiger partial charge in [-0.05, 0) is 24.2 Å². The molecular weight excluding hydrogens is 322 g/mol. The Morgan fingerprint density at radius 2 is 1.83 bits per heavy atom. The van der Waals surface area contributed by atoms with Gasteiger partial charge in [0, 0.05) is 26.4 Å². The fraction of sp³-hybridized carbons (Fsp3) is 0.944. The lowest BCUT2D eigenvalue weighted by Crippen LogP contribution is -2.42. The normalized spacial score (nSPS) is 17.2. The van der Waals surface area contributed by atoms with E-state index in [9.17, 15) is 8.42 Å². The summed E-state index contributed by atoms with van der Waals surface area (Å²) < 4.78 is 22.6. The van der Waals surface area contributed by atoms with Crippen LogP contribution in [0.3, 0.4) is 0 Å². The third-order valence-corrected chi connectivity index (χ3v) is 5.86. The van der Waals surface area contributed by atoms with Crippen molar-refractivity contribution in [1.29, 1.82) is 0 Å². The van der Waals surface area contributed by atoms with Crippen molar-refractivity contribution in [2.75, 3.05) is 32.1 Å². The first-order valence-electron chi connectivity index (χ1n) is 9.34. The van der Waals surface area contributed by atoms with Gasteiger partial charge in [0.1, 0.15) is 9.84 Å². The van der Waals surface area contributed by atoms with E-state index in [-0.39, 0.29) is 11.2 Å². The van der Waals surface area contributed by atoms with Gasteiger partial charge in [-0.1, -0.05) is 52.4 Å². The predicted octanol–water partition coefficient (Wildman–Crippen LogP) is 2.97. The van der Waals surface area contributed by atoms with Crippen LogP contribution in [0.4, 0.5) is 0 Å². The summed E-state index contributed by atoms with van der Waals surface area (Å²) in [5.41, 5.74) is -0.0802. The van der Waals surface area contributed by atoms with Crippen LogP contribution in [0, 0.1) is 11.3 Å². The lowest BCUT2D eigenvalue weighted by atomic mass is 9.90. The van der Waals surface area contributed by atoms with Crippen LogP contribution >= 0.6 is 0 Å². The van der Waals surface area contributed by atoms with Crippen molar-refractivity contribution in [2.24, 2.45) is 16.3 Å². The van der Waals surface area contributed by atoms with E-state index in [2.05, 4.69) is 29.5 Å². The summed E-state index contributed by atoms with van der Waals surface area (Å²) in [7, 11) is -1.13. The molecule has 24 heavy (non-hydrogen) atoms. The van der Waals surface area contributed by atoms with E-state index in [1.165, 1.54) is 51.2 Å². The summed E-state index contributed by atoms with van der Waals surface area (Å²) in [6.45, 7) is 5.82. The highest BCUT2D eigenvalue weighted by atomic mass is 32.2. The van der Waals surface area contributed by atoms with Gasteiger partial charge < -0.3 is 10.6 Å². The number of unbranched alkanes of at least 4 members (excludes halogenated alkanes) is 1. The Morgan fingerprint density at radius 3 is 2.42 bits per heavy atom. The van der Waals surface area contributed by atoms with Crippen LogP contribution in [0.15, 0.2) is 4.99 Å². The molecule has 1 aliphatic carbocycles. The molecule has 142 valence electrons. The maximum absolute atomic E-state index is 11.3. The summed E-state index contributed by atoms with van der Waals surface area (Å²) in [6, 6.07) is 0. The van der Waals surface area contributed by atoms with E-state index in [1.807, 2.05) is 0 Å². The van der Waals surface area contributed by atoms with Crippen LogP contribution in [0.25, 0.3) is 0 Å². The first-order valence-corrected chi connectivity index (χ1v) is 11.4. The van der Waals surface area contributed by atoms with Crippen molar-refractivity contribution in [3.63, 3.8) is 0 Å². The lowest BCUT2D eigenvalue weighted by Gasteiger charge is -2.25. The highest BCUT2D eigenvalue weighted by molar-refractivity contribution is 7.90. The van der Waals surface area contributed by atoms with Crippen molar-refractivity contribution in [2.45, 2.75) is 65.2 Å². The van der Waals surface area contributed by atoms with Crippen LogP contribution in [-0.2, 0) is 9.84 Å². The summed E-state index contributed by atoms with van der Waals surface area (Å²) >= 11 is 0. The average Bonchev–Trinajstić information content (AvgIpc) is 3.01. The minimum absolute atomic E-state index is 0.0802. The minimum Gasteiger partial charge on any atom is -0.356 e. The van der Waals surface area contributed by atoms with Gasteiger partial charge in [-0.25, -0.2) is 8.42 Å². The van der Waals surface area contributed by atoms with Gasteiger partial charge in [0.05, 0.1) is 5.75 Å². The molecule has 6 heteroatoms. The Balaban J connectivity index is 2.16. The fourth-order valence-electron chi connectivity index (χ4n) is 3.16. The van der Waals surface area contributed by atoms with Crippen LogP contribution < -0.4 is 10.6 Å². The van der Waals surface area contributed by atoms with Crippen LogP contribution in [0.2, 0.25) is 0 Å². The molecule has 0 unspecified atom stereocenters. The monoisotopic (exact) mass is 359 g/mol. The van der Waals surface area contributed by atoms with Gasteiger partial charge in [-0.2, -0.15) is 0 Å². The SMILES string of the molecule is CN=C(NCCCCC1CCCC1)NCC(C)(C)CCS(C)(=O)=O. The second-order valence-corrected chi connectivity index (χ2v) is 10.3. The number of hydrogen-bond donors (Lipinski definition) is 2. The molecule has 0 saturated heterocycles. The van der Waals surface area contributed by atoms with Gasteiger partial charge in [0.2, 0.25) is 0 Å². The van der Waals surface area contributed by atoms with Gasteiger partial charge in [0.15, 0.2) is 5.96 Å². The van der Waals surface area contributed by atoms with Gasteiger partial charge in [-0.15, -0.1) is 0 Å². The molecule has 0 aromatic rings. The van der Waals surface area contributed by atoms with Gasteiger partial charge >= 0.3 is 0 Å². The van der Waals surface area contributed by atoms with E-state index in [4.69, 9.17) is 0 Å². The molecule has 5 nitrogen and oxygen atoms in total. The molecule has 0 heterocycles. The molecular formula is C18H37N3O2S. The molecule has 0 aromatic heterocycles. The van der Waals surface area contributed by atoms with E-state index in [0.29, 0.717) is 13.0 Å². The maximum atomic E-state index is 11.3. The second-order valence-electron chi connectivity index (χ2n) is 8.04. The van der Waals surface area contributed by atoms with Crippen molar-refractivity contribution < 1.29 is 8.42 Å². The van der Waals surface area contributed by atoms with Gasteiger partial charge in [0.25, 0.3) is 0 Å². The zero-order chi connectivity index (χ0) is 18.1. The number of hydrogen-bond acceptors (Lipinski definition) is 3. The molecule has 0 spiro atoms. The number of sulfone groups is 1. The highest BCUT2D eigenvalue weighted by Gasteiger charge is 2.20. The molecule has 1 aliphatic rings. The summed E-state index contributed by atoms with van der Waals surface area (Å²) in [5.74, 6) is 2.01. The summed E-state index contributed by atoms with van der Waals surface area (Å²) in [5, 5.41) is 6.68. The van der Waals surface area contributed by atoms with E-state index < -0.39 is 9.84 Å². The maximum Gasteiger partial charge on any atom is 0.190 e. The lowest BCUT2D eigenvalue weighted by molar-refractivity contribution is 0.348. The Labute approximate surface area is 149 Å². The van der Waals surface area contributed by atoms with Crippen LogP contribution in [0.1, 0.15) is 65.2 Å². The molecule has 0 aliphatic heterocycles. The smallest absolute Gasteiger partial charge is 0.190 e. The Morgan fingerprint density at radius 1 is 1.17 bits per heavy atom. The van der Waals surface area contributed by atoms with Crippen LogP contribution in [0.5, 0.6) is 0 Å². The largest absolute Gasteiger partial charge is 0.356 e. The zero-order valence-corrected chi connectivity index (χ0v) is 16.8. The van der Waals surface area contributed by atoms with Gasteiger partial charge in [-0.3, -0.25) is 4.99 Å². The third-order valence-electron chi connectivity index (χ3n) is 4.91. The van der Waals surface area contributed by atoms with E-state index >= 15 is 0 Å². The first-order chi connectivity index (χ1) is 11.2. The molecule has 0 atom stereocenters. The quantitative estimate of drug-likeness (QED) is 0.357. The number of nitrogens with zero attached hydrogens (tertiary/aromatic N) is 1. The predicted molar refractivity (Wildman–Crippen MR) is 103 cm³/mol. The standard InChI is InChI=1S/C18H37N3O2S/c1-18(2,12-14-24(4,22)23)15-21-17(19-3)20-13-8-7-11-16-9-5-6-10-16/h16H,5-15H2,1-4H3,(H2,19,20,21). The van der Waals surface area contributed by atoms with Crippen LogP contribution in [-0.4, -0.2) is 46.5 Å². The molecule has 1 saturated carbocycles. The number of rotatable bonds is 10. The molecule has 1 fully saturated rings. The number of nitrogens with one attached hydrogen (secondary N) is 2. The Kier molecular flexibility index (Phi) is 9.09. The first kappa shape index (κ1) is 21.3. The Bertz CT molecular complexity index is 480. The van der Waals surface area contributed by atoms with E-state index in [0.717, 1.165) is 18.4 Å². The van der Waals surface area contributed by atoms with E-state index in [1.54, 1.807) is 7.05 Å². The molecule has 2 N–H and O–H groups in total. The van der Waals surface area contributed by atoms with Crippen molar-refractivity contribution in [1.82, 2.24) is 10.6 Å². The fourth-order valence-corrected chi connectivity index (χ4v) is 4.08. The molecule has 0 aromatic carbocycles. The second kappa shape index (κ2) is 10.3. The van der Waals surface area contributed by atoms with Crippen molar-refractivity contribution in [3.8, 4) is 0 Å². The topological polar surface area (TPSA) is 70.6 Å². The molecule has 0 radical (unpaired) electrons. The minimum atomic E-state index is -2.90. The summed E-state index contributed by atoms with van der Waals surface area (Å²) in [4.78, 5) is 4.25.